The zero-order valence-electron chi connectivity index (χ0n) is 25.3. The largest absolute Gasteiger partial charge is 2.00 e. The molecule has 2 N–H and O–H groups in total. The number of unbranched alkanes of at least 4 members (excludes halogenated alkanes) is 2. The molecule has 43 heavy (non-hydrogen) atoms. The molecule has 0 aliphatic heterocycles. The van der Waals surface area contributed by atoms with Crippen LogP contribution in [0.5, 0.6) is 17.2 Å². The molecule has 3 aromatic rings. The van der Waals surface area contributed by atoms with Gasteiger partial charge in [-0.15, -0.1) is 0 Å². The average Bonchev–Trinajstić information content (AvgIpc) is 2.94. The third-order valence-corrected chi connectivity index (χ3v) is 5.69. The number of hydrogen-bond acceptors (Lipinski definition) is 9. The van der Waals surface area contributed by atoms with E-state index in [4.69, 9.17) is 24.5 Å². The van der Waals surface area contributed by atoms with E-state index < -0.39 is 11.9 Å². The number of ether oxygens (including phenoxy) is 1. The fraction of sp³-hybridized carbons (Fsp3) is 0.333. The number of benzene rings is 3. The first-order valence-electron chi connectivity index (χ1n) is 13.8. The number of aliphatic imine (C=N–C) groups is 2. The van der Waals surface area contributed by atoms with Crippen molar-refractivity contribution in [1.29, 1.82) is 0 Å². The molecular weight excluding hydrogens is 595 g/mol. The number of carboxylic acids is 2. The first-order chi connectivity index (χ1) is 20.0. The normalized spacial score (nSPS) is 10.3. The number of carbonyl (C=O) groups excluding carboxylic acids is 2. The minimum atomic E-state index is -1.08. The second kappa shape index (κ2) is 21.5. The molecule has 0 aliphatic carbocycles. The van der Waals surface area contributed by atoms with Gasteiger partial charge in [-0.1, -0.05) is 38.8 Å². The van der Waals surface area contributed by atoms with Crippen LogP contribution >= 0.6 is 0 Å². The van der Waals surface area contributed by atoms with Crippen LogP contribution < -0.4 is 14.9 Å². The van der Waals surface area contributed by atoms with Crippen molar-refractivity contribution in [1.82, 2.24) is 0 Å². The molecule has 9 nitrogen and oxygen atoms in total. The SMILES string of the molecule is CC(=O)[O-].CC(=O)[O-].CCCCc1ccc(O)c(C=Nc2ccc(OC)cc2N=Cc2cc(CCCC)ccc2O)c1.[Co+2]. The summed E-state index contributed by atoms with van der Waals surface area (Å²) in [6.45, 7) is 6.27. The van der Waals surface area contributed by atoms with E-state index in [0.717, 1.165) is 52.4 Å². The van der Waals surface area contributed by atoms with Gasteiger partial charge in [0.1, 0.15) is 17.2 Å². The summed E-state index contributed by atoms with van der Waals surface area (Å²) in [5.41, 5.74) is 4.91. The maximum absolute atomic E-state index is 10.3. The van der Waals surface area contributed by atoms with E-state index in [1.54, 1.807) is 37.7 Å². The third-order valence-electron chi connectivity index (χ3n) is 5.69. The van der Waals surface area contributed by atoms with Gasteiger partial charge in [0, 0.05) is 41.6 Å². The van der Waals surface area contributed by atoms with Crippen LogP contribution in [0, 0.1) is 0 Å². The van der Waals surface area contributed by atoms with Crippen LogP contribution in [0.15, 0.2) is 64.6 Å². The van der Waals surface area contributed by atoms with Crippen molar-refractivity contribution in [2.75, 3.05) is 7.11 Å². The second-order valence-corrected chi connectivity index (χ2v) is 9.35. The molecule has 0 atom stereocenters. The van der Waals surface area contributed by atoms with E-state index >= 15 is 0 Å². The van der Waals surface area contributed by atoms with E-state index in [1.165, 1.54) is 11.1 Å². The summed E-state index contributed by atoms with van der Waals surface area (Å²) in [4.78, 5) is 27.0. The summed E-state index contributed by atoms with van der Waals surface area (Å²) in [6.07, 6.45) is 9.69. The first-order valence-corrected chi connectivity index (χ1v) is 13.8. The van der Waals surface area contributed by atoms with Gasteiger partial charge in [0.05, 0.1) is 18.5 Å². The smallest absolute Gasteiger partial charge is 0.550 e. The maximum atomic E-state index is 10.3. The molecule has 0 unspecified atom stereocenters. The molecule has 0 aliphatic rings. The molecule has 0 bridgehead atoms. The molecule has 1 radical (unpaired) electrons. The van der Waals surface area contributed by atoms with Crippen molar-refractivity contribution in [2.24, 2.45) is 9.98 Å². The minimum absolute atomic E-state index is 0. The van der Waals surface area contributed by atoms with Gasteiger partial charge in [-0.3, -0.25) is 9.98 Å². The van der Waals surface area contributed by atoms with Crippen LogP contribution in [-0.4, -0.2) is 41.7 Å². The van der Waals surface area contributed by atoms with Crippen LogP contribution in [-0.2, 0) is 39.2 Å². The van der Waals surface area contributed by atoms with Gasteiger partial charge < -0.3 is 34.8 Å². The Morgan fingerprint density at radius 1 is 0.744 bits per heavy atom. The molecule has 0 saturated heterocycles. The molecule has 233 valence electrons. The Morgan fingerprint density at radius 3 is 1.56 bits per heavy atom. The van der Waals surface area contributed by atoms with Crippen molar-refractivity contribution in [2.45, 2.75) is 66.2 Å². The van der Waals surface area contributed by atoms with Crippen molar-refractivity contribution in [3.63, 3.8) is 0 Å². The number of aryl methyl sites for hydroxylation is 2. The molecule has 0 spiro atoms. The summed E-state index contributed by atoms with van der Waals surface area (Å²) in [6, 6.07) is 16.7. The summed E-state index contributed by atoms with van der Waals surface area (Å²) in [5, 5.41) is 38.4. The number of aromatic hydroxyl groups is 2. The van der Waals surface area contributed by atoms with Gasteiger partial charge in [0.15, 0.2) is 0 Å². The molecule has 0 amide bonds. The van der Waals surface area contributed by atoms with Crippen molar-refractivity contribution in [3.05, 3.63) is 76.9 Å². The topological polar surface area (TPSA) is 155 Å². The van der Waals surface area contributed by atoms with Gasteiger partial charge in [-0.2, -0.15) is 0 Å². The molecule has 0 fully saturated rings. The standard InChI is InChI=1S/C29H34N2O3.2C2H4O2.Co/c1-4-6-8-21-10-14-28(32)23(16-21)19-30-26-13-12-25(34-3)18-27(26)31-20-24-17-22(9-7-5-2)11-15-29(24)33;2*1-2(3)4;/h10-20,32-33H,4-9H2,1-3H3;2*1H3,(H,3,4);/q;;;+2/p-2. The fourth-order valence-electron chi connectivity index (χ4n) is 3.61. The van der Waals surface area contributed by atoms with E-state index in [0.29, 0.717) is 28.3 Å². The van der Waals surface area contributed by atoms with Crippen LogP contribution in [0.3, 0.4) is 0 Å². The number of hydrogen-bond donors (Lipinski definition) is 2. The number of methoxy groups -OCH3 is 1. The molecule has 3 aromatic carbocycles. The monoisotopic (exact) mass is 635 g/mol. The van der Waals surface area contributed by atoms with E-state index in [1.807, 2.05) is 36.4 Å². The van der Waals surface area contributed by atoms with Gasteiger partial charge in [0.2, 0.25) is 0 Å². The number of phenolic OH excluding ortho intramolecular Hbond substituents is 2. The molecule has 3 rings (SSSR count). The van der Waals surface area contributed by atoms with Crippen LogP contribution in [0.1, 0.15) is 75.6 Å². The predicted octanol–water partition coefficient (Wildman–Crippen LogP) is 4.80. The number of nitrogens with zero attached hydrogens (tertiary/aromatic N) is 2. The van der Waals surface area contributed by atoms with Gasteiger partial charge in [-0.25, -0.2) is 0 Å². The Bertz CT molecular complexity index is 1340. The average molecular weight is 636 g/mol. The number of aliphatic carboxylic acids is 2. The van der Waals surface area contributed by atoms with Crippen molar-refractivity contribution < 1.29 is 51.5 Å². The summed E-state index contributed by atoms with van der Waals surface area (Å²) in [7, 11) is 1.61. The van der Waals surface area contributed by atoms with Crippen molar-refractivity contribution in [3.8, 4) is 17.2 Å². The number of carboxylic acid groups (broad SMARTS) is 2. The zero-order chi connectivity index (χ0) is 31.5. The minimum Gasteiger partial charge on any atom is -0.550 e. The summed E-state index contributed by atoms with van der Waals surface area (Å²) in [5.74, 6) is -1.13. The van der Waals surface area contributed by atoms with Crippen LogP contribution in [0.25, 0.3) is 0 Å². The van der Waals surface area contributed by atoms with Gasteiger partial charge in [0.25, 0.3) is 0 Å². The zero-order valence-corrected chi connectivity index (χ0v) is 26.3. The Balaban J connectivity index is 0.00000174. The van der Waals surface area contributed by atoms with E-state index in [9.17, 15) is 10.2 Å². The van der Waals surface area contributed by atoms with Crippen LogP contribution in [0.4, 0.5) is 11.4 Å². The van der Waals surface area contributed by atoms with Gasteiger partial charge in [-0.05, 0) is 87.1 Å². The molecular formula is C33H40CoN2O7. The molecule has 0 heterocycles. The van der Waals surface area contributed by atoms with Crippen molar-refractivity contribution >= 4 is 35.7 Å². The van der Waals surface area contributed by atoms with Crippen LogP contribution in [0.2, 0.25) is 0 Å². The maximum Gasteiger partial charge on any atom is 2.00 e. The Hall–Kier alpha value is -4.15. The summed E-state index contributed by atoms with van der Waals surface area (Å²) < 4.78 is 5.37. The first kappa shape index (κ1) is 38.8. The third kappa shape index (κ3) is 16.2. The Kier molecular flexibility index (Phi) is 19.5. The second-order valence-electron chi connectivity index (χ2n) is 9.35. The predicted molar refractivity (Wildman–Crippen MR) is 162 cm³/mol. The number of rotatable bonds is 11. The van der Waals surface area contributed by atoms with E-state index in [2.05, 4.69) is 23.8 Å². The molecule has 10 heteroatoms. The quantitative estimate of drug-likeness (QED) is 0.287. The van der Waals surface area contributed by atoms with Gasteiger partial charge >= 0.3 is 16.8 Å². The number of phenols is 2. The number of carbonyl (C=O) groups is 2. The molecule has 0 saturated carbocycles. The summed E-state index contributed by atoms with van der Waals surface area (Å²) >= 11 is 0. The molecule has 0 aromatic heterocycles. The Labute approximate surface area is 264 Å². The fourth-order valence-corrected chi connectivity index (χ4v) is 3.61. The van der Waals surface area contributed by atoms with E-state index in [-0.39, 0.29) is 28.3 Å². The Morgan fingerprint density at radius 2 is 1.16 bits per heavy atom.